The van der Waals surface area contributed by atoms with Crippen LogP contribution in [-0.2, 0) is 0 Å². The average molecular weight is 136 g/mol. The minimum Gasteiger partial charge on any atom is -0.309 e. The highest BCUT2D eigenvalue weighted by atomic mass is 32.1. The summed E-state index contributed by atoms with van der Waals surface area (Å²) >= 11 is 7.58. The first-order valence-electron chi connectivity index (χ1n) is 2.15. The summed E-state index contributed by atoms with van der Waals surface area (Å²) in [7, 11) is 0.927. The second kappa shape index (κ2) is 6.68. The summed E-state index contributed by atoms with van der Waals surface area (Å²) in [5.41, 5.74) is 0. The van der Waals surface area contributed by atoms with Gasteiger partial charge in [0.05, 0.1) is 0 Å². The normalized spacial score (nSPS) is 8.86. The van der Waals surface area contributed by atoms with Crippen LogP contribution in [0.4, 0.5) is 0 Å². The fourth-order valence-electron chi connectivity index (χ4n) is 0.247. The maximum Gasteiger partial charge on any atom is 0.214 e. The van der Waals surface area contributed by atoms with Crippen LogP contribution in [0.15, 0.2) is 0 Å². The van der Waals surface area contributed by atoms with Gasteiger partial charge in [0.1, 0.15) is 0 Å². The maximum atomic E-state index is 3.79. The van der Waals surface area contributed by atoms with Gasteiger partial charge in [-0.15, -0.1) is 12.8 Å². The summed E-state index contributed by atoms with van der Waals surface area (Å²) in [6, 6.07) is 0. The third kappa shape index (κ3) is 6.68. The summed E-state index contributed by atoms with van der Waals surface area (Å²) in [5, 5.41) is 0. The van der Waals surface area contributed by atoms with Gasteiger partial charge in [-0.25, -0.2) is 0 Å². The second-order valence-corrected chi connectivity index (χ2v) is 1.80. The molecule has 7 heavy (non-hydrogen) atoms. The van der Waals surface area contributed by atoms with Crippen molar-refractivity contribution >= 4 is 33.0 Å². The predicted molar refractivity (Wildman–Crippen MR) is 41.1 cm³/mol. The molecule has 0 rings (SSSR count). The Morgan fingerprint density at radius 1 is 1.43 bits per heavy atom. The zero-order valence-corrected chi connectivity index (χ0v) is 5.80. The fraction of sp³-hybridized carbons (Fsp3) is 1.00. The monoisotopic (exact) mass is 136 g/mol. The quantitative estimate of drug-likeness (QED) is 0.241. The third-order valence-electron chi connectivity index (χ3n) is 0.577. The van der Waals surface area contributed by atoms with Gasteiger partial charge < -0.3 is 4.63 Å². The largest absolute Gasteiger partial charge is 0.309 e. The van der Waals surface area contributed by atoms with Gasteiger partial charge >= 0.3 is 0 Å². The molecule has 2 N–H and O–H groups in total. The lowest BCUT2D eigenvalue weighted by Crippen LogP contribution is -2.12. The molecule has 0 aromatic carbocycles. The van der Waals surface area contributed by atoms with E-state index in [4.69, 9.17) is 0 Å². The topological polar surface area (TPSA) is 24.1 Å². The molecule has 0 unspecified atom stereocenters. The summed E-state index contributed by atoms with van der Waals surface area (Å²) in [5.74, 6) is 0. The molecule has 0 saturated carbocycles. The first-order chi connectivity index (χ1) is 3.41. The SMILES string of the molecule is SNBCCNS. The van der Waals surface area contributed by atoms with Gasteiger partial charge in [0, 0.05) is 6.54 Å². The molecule has 5 heteroatoms. The van der Waals surface area contributed by atoms with Crippen molar-refractivity contribution in [2.24, 2.45) is 0 Å². The van der Waals surface area contributed by atoms with Crippen molar-refractivity contribution in [3.8, 4) is 0 Å². The third-order valence-corrected chi connectivity index (χ3v) is 1.02. The standard InChI is InChI=1S/C2H9BN2S2/c6-4-2-1-3-5-7/h3-7H,1-2H2. The zero-order chi connectivity index (χ0) is 5.54. The van der Waals surface area contributed by atoms with E-state index in [2.05, 4.69) is 35.0 Å². The minimum atomic E-state index is 0.927. The van der Waals surface area contributed by atoms with Gasteiger partial charge in [-0.1, -0.05) is 12.8 Å². The van der Waals surface area contributed by atoms with Crippen molar-refractivity contribution in [1.29, 1.82) is 0 Å². The summed E-state index contributed by atoms with van der Waals surface area (Å²) in [6.07, 6.45) is 1.06. The lowest BCUT2D eigenvalue weighted by molar-refractivity contribution is 1.03. The molecule has 0 aromatic heterocycles. The minimum absolute atomic E-state index is 0.927. The van der Waals surface area contributed by atoms with Crippen molar-refractivity contribution < 1.29 is 0 Å². The first-order valence-corrected chi connectivity index (χ1v) is 3.05. The molecule has 0 aromatic rings. The summed E-state index contributed by atoms with van der Waals surface area (Å²) in [6.45, 7) is 0.927. The van der Waals surface area contributed by atoms with E-state index < -0.39 is 0 Å². The Labute approximate surface area is 55.8 Å². The molecule has 0 aliphatic carbocycles. The molecule has 0 heterocycles. The Kier molecular flexibility index (Phi) is 7.34. The van der Waals surface area contributed by atoms with Gasteiger partial charge in [-0.3, -0.25) is 4.72 Å². The molecular formula is C2H9BN2S2. The molecule has 0 aliphatic heterocycles. The first kappa shape index (κ1) is 7.68. The van der Waals surface area contributed by atoms with Gasteiger partial charge in [-0.05, 0) is 6.32 Å². The lowest BCUT2D eigenvalue weighted by atomic mass is 9.92. The fourth-order valence-corrected chi connectivity index (χ4v) is 0.563. The van der Waals surface area contributed by atoms with Crippen LogP contribution in [0.3, 0.4) is 0 Å². The van der Waals surface area contributed by atoms with E-state index in [0.29, 0.717) is 0 Å². The van der Waals surface area contributed by atoms with Crippen molar-refractivity contribution in [2.75, 3.05) is 6.54 Å². The van der Waals surface area contributed by atoms with E-state index in [0.717, 1.165) is 20.3 Å². The molecule has 0 radical (unpaired) electrons. The van der Waals surface area contributed by atoms with Gasteiger partial charge in [0.25, 0.3) is 0 Å². The highest BCUT2D eigenvalue weighted by molar-refractivity contribution is 7.79. The van der Waals surface area contributed by atoms with E-state index in [9.17, 15) is 0 Å². The number of thiol groups is 2. The van der Waals surface area contributed by atoms with Crippen LogP contribution in [0.5, 0.6) is 0 Å². The Morgan fingerprint density at radius 3 is 2.57 bits per heavy atom. The Morgan fingerprint density at radius 2 is 2.14 bits per heavy atom. The van der Waals surface area contributed by atoms with Crippen LogP contribution >= 0.6 is 25.6 Å². The zero-order valence-electron chi connectivity index (χ0n) is 4.02. The second-order valence-electron chi connectivity index (χ2n) is 1.17. The lowest BCUT2D eigenvalue weighted by Gasteiger charge is -1.91. The molecule has 42 valence electrons. The summed E-state index contributed by atoms with van der Waals surface area (Å²) in [4.78, 5) is 0. The Bertz CT molecular complexity index is 32.9. The van der Waals surface area contributed by atoms with Crippen LogP contribution in [0.2, 0.25) is 6.32 Å². The van der Waals surface area contributed by atoms with Crippen molar-refractivity contribution in [3.05, 3.63) is 0 Å². The molecule has 2 nitrogen and oxygen atoms in total. The number of hydrogen-bond acceptors (Lipinski definition) is 4. The van der Waals surface area contributed by atoms with E-state index in [1.807, 2.05) is 0 Å². The van der Waals surface area contributed by atoms with E-state index in [1.54, 1.807) is 0 Å². The van der Waals surface area contributed by atoms with Gasteiger partial charge in [-0.2, -0.15) is 0 Å². The average Bonchev–Trinajstić information content (AvgIpc) is 1.69. The van der Waals surface area contributed by atoms with E-state index >= 15 is 0 Å². The van der Waals surface area contributed by atoms with E-state index in [-0.39, 0.29) is 0 Å². The molecule has 0 amide bonds. The summed E-state index contributed by atoms with van der Waals surface area (Å²) < 4.78 is 5.45. The van der Waals surface area contributed by atoms with Crippen LogP contribution < -0.4 is 9.36 Å². The Hall–Kier alpha value is 0.685. The van der Waals surface area contributed by atoms with E-state index in [1.165, 1.54) is 0 Å². The van der Waals surface area contributed by atoms with Gasteiger partial charge in [0.2, 0.25) is 7.41 Å². The molecule has 0 fully saturated rings. The van der Waals surface area contributed by atoms with Crippen molar-refractivity contribution in [2.45, 2.75) is 6.32 Å². The number of nitrogens with one attached hydrogen (secondary N) is 2. The smallest absolute Gasteiger partial charge is 0.214 e. The van der Waals surface area contributed by atoms with Crippen molar-refractivity contribution in [1.82, 2.24) is 9.36 Å². The highest BCUT2D eigenvalue weighted by Gasteiger charge is 1.82. The molecule has 0 saturated heterocycles. The molecule has 0 aliphatic rings. The number of hydrogen-bond donors (Lipinski definition) is 4. The molecular weight excluding hydrogens is 127 g/mol. The van der Waals surface area contributed by atoms with Crippen molar-refractivity contribution in [3.63, 3.8) is 0 Å². The van der Waals surface area contributed by atoms with Crippen LogP contribution in [0.25, 0.3) is 0 Å². The Balaban J connectivity index is 2.45. The molecule has 0 spiro atoms. The highest BCUT2D eigenvalue weighted by Crippen LogP contribution is 1.72. The van der Waals surface area contributed by atoms with Gasteiger partial charge in [0.15, 0.2) is 0 Å². The maximum absolute atomic E-state index is 3.79. The number of rotatable bonds is 4. The van der Waals surface area contributed by atoms with Crippen LogP contribution in [0.1, 0.15) is 0 Å². The van der Waals surface area contributed by atoms with Crippen LogP contribution in [-0.4, -0.2) is 14.0 Å². The predicted octanol–water partition coefficient (Wildman–Crippen LogP) is -0.375. The van der Waals surface area contributed by atoms with Crippen LogP contribution in [0, 0.1) is 0 Å². The molecule has 0 atom stereocenters. The molecule has 0 bridgehead atoms.